The van der Waals surface area contributed by atoms with Crippen LogP contribution in [0, 0.1) is 0 Å². The second-order valence-electron chi connectivity index (χ2n) is 4.41. The number of amides is 1. The Morgan fingerprint density at radius 3 is 2.52 bits per heavy atom. The number of nitrogens with one attached hydrogen (secondary N) is 1. The number of halogens is 1. The second-order valence-corrected chi connectivity index (χ2v) is 5.33. The number of ether oxygens (including phenoxy) is 1. The summed E-state index contributed by atoms with van der Waals surface area (Å²) in [5.74, 6) is 0.115. The van der Waals surface area contributed by atoms with E-state index < -0.39 is 6.10 Å². The molecule has 0 saturated carbocycles. The van der Waals surface area contributed by atoms with E-state index in [1.807, 2.05) is 12.1 Å². The molecule has 1 amide bonds. The largest absolute Gasteiger partial charge is 0.480 e. The van der Waals surface area contributed by atoms with E-state index in [0.29, 0.717) is 23.3 Å². The van der Waals surface area contributed by atoms with Gasteiger partial charge in [-0.3, -0.25) is 9.59 Å². The molecule has 1 atom stereocenters. The van der Waals surface area contributed by atoms with Gasteiger partial charge in [-0.1, -0.05) is 28.1 Å². The highest BCUT2D eigenvalue weighted by Gasteiger charge is 2.16. The number of aldehydes is 1. The number of hydrogen-bond acceptors (Lipinski definition) is 3. The molecule has 5 heteroatoms. The normalized spacial score (nSPS) is 11.5. The Hall–Kier alpha value is -2.14. The molecule has 1 N–H and O–H groups in total. The van der Waals surface area contributed by atoms with Crippen LogP contribution in [0.3, 0.4) is 0 Å². The van der Waals surface area contributed by atoms with Crippen LogP contribution < -0.4 is 10.1 Å². The van der Waals surface area contributed by atoms with Gasteiger partial charge >= 0.3 is 0 Å². The van der Waals surface area contributed by atoms with Crippen molar-refractivity contribution in [3.63, 3.8) is 0 Å². The van der Waals surface area contributed by atoms with E-state index in [4.69, 9.17) is 4.74 Å². The summed E-state index contributed by atoms with van der Waals surface area (Å²) >= 11 is 3.33. The van der Waals surface area contributed by atoms with E-state index in [2.05, 4.69) is 21.2 Å². The highest BCUT2D eigenvalue weighted by molar-refractivity contribution is 9.10. The van der Waals surface area contributed by atoms with Crippen LogP contribution in [0.1, 0.15) is 17.3 Å². The van der Waals surface area contributed by atoms with Crippen molar-refractivity contribution < 1.29 is 14.3 Å². The molecular formula is C16H14BrNO3. The van der Waals surface area contributed by atoms with Crippen LogP contribution in [0.15, 0.2) is 53.0 Å². The van der Waals surface area contributed by atoms with E-state index >= 15 is 0 Å². The fourth-order valence-corrected chi connectivity index (χ4v) is 1.97. The smallest absolute Gasteiger partial charge is 0.265 e. The second kappa shape index (κ2) is 7.04. The lowest BCUT2D eigenvalue weighted by molar-refractivity contribution is -0.122. The Morgan fingerprint density at radius 2 is 1.86 bits per heavy atom. The fraction of sp³-hybridized carbons (Fsp3) is 0.125. The molecule has 0 saturated heterocycles. The van der Waals surface area contributed by atoms with Crippen molar-refractivity contribution in [2.75, 3.05) is 5.32 Å². The summed E-state index contributed by atoms with van der Waals surface area (Å²) in [7, 11) is 0. The first-order valence-electron chi connectivity index (χ1n) is 6.37. The third-order valence-electron chi connectivity index (χ3n) is 2.83. The summed E-state index contributed by atoms with van der Waals surface area (Å²) in [6.45, 7) is 1.63. The van der Waals surface area contributed by atoms with Crippen molar-refractivity contribution in [3.05, 3.63) is 58.6 Å². The number of carbonyl (C=O) groups is 2. The molecule has 4 nitrogen and oxygen atoms in total. The van der Waals surface area contributed by atoms with Crippen molar-refractivity contribution >= 4 is 33.8 Å². The van der Waals surface area contributed by atoms with Gasteiger partial charge in [0.25, 0.3) is 5.91 Å². The van der Waals surface area contributed by atoms with Crippen LogP contribution in [-0.4, -0.2) is 18.3 Å². The first-order chi connectivity index (χ1) is 10.1. The Morgan fingerprint density at radius 1 is 1.19 bits per heavy atom. The van der Waals surface area contributed by atoms with Gasteiger partial charge in [-0.2, -0.15) is 0 Å². The van der Waals surface area contributed by atoms with Crippen molar-refractivity contribution in [2.45, 2.75) is 13.0 Å². The lowest BCUT2D eigenvalue weighted by Crippen LogP contribution is -2.30. The number of carbonyl (C=O) groups excluding carboxylic acids is 2. The van der Waals surface area contributed by atoms with Gasteiger partial charge in [-0.15, -0.1) is 0 Å². The van der Waals surface area contributed by atoms with Crippen molar-refractivity contribution in [3.8, 4) is 5.75 Å². The summed E-state index contributed by atoms with van der Waals surface area (Å²) in [5.41, 5.74) is 1.10. The van der Waals surface area contributed by atoms with Gasteiger partial charge in [0, 0.05) is 10.2 Å². The molecule has 0 fully saturated rings. The quantitative estimate of drug-likeness (QED) is 0.839. The van der Waals surface area contributed by atoms with Crippen molar-refractivity contribution in [1.82, 2.24) is 0 Å². The molecule has 0 aliphatic heterocycles. The molecule has 2 aromatic rings. The topological polar surface area (TPSA) is 55.4 Å². The van der Waals surface area contributed by atoms with Crippen molar-refractivity contribution in [2.24, 2.45) is 0 Å². The zero-order valence-corrected chi connectivity index (χ0v) is 13.0. The summed E-state index contributed by atoms with van der Waals surface area (Å²) in [6, 6.07) is 14.0. The van der Waals surface area contributed by atoms with Crippen LogP contribution in [0.25, 0.3) is 0 Å². The number of para-hydroxylation sites is 1. The Kier molecular flexibility index (Phi) is 5.11. The molecule has 0 bridgehead atoms. The Labute approximate surface area is 131 Å². The zero-order valence-electron chi connectivity index (χ0n) is 11.4. The molecule has 108 valence electrons. The van der Waals surface area contributed by atoms with Gasteiger partial charge in [0.05, 0.1) is 5.56 Å². The zero-order chi connectivity index (χ0) is 15.2. The van der Waals surface area contributed by atoms with Crippen LogP contribution >= 0.6 is 15.9 Å². The summed E-state index contributed by atoms with van der Waals surface area (Å²) < 4.78 is 6.48. The molecule has 0 heterocycles. The summed E-state index contributed by atoms with van der Waals surface area (Å²) in [4.78, 5) is 23.0. The first-order valence-corrected chi connectivity index (χ1v) is 7.17. The fourth-order valence-electron chi connectivity index (χ4n) is 1.71. The monoisotopic (exact) mass is 347 g/mol. The standard InChI is InChI=1S/C16H14BrNO3/c1-11(21-15-5-3-2-4-12(15)10-19)16(20)18-14-8-6-13(17)7-9-14/h2-11H,1H3,(H,18,20)/t11-/m0/s1. The molecule has 0 aliphatic carbocycles. The summed E-state index contributed by atoms with van der Waals surface area (Å²) in [5, 5.41) is 2.75. The van der Waals surface area contributed by atoms with Gasteiger partial charge in [0.1, 0.15) is 5.75 Å². The van der Waals surface area contributed by atoms with Crippen LogP contribution in [-0.2, 0) is 4.79 Å². The van der Waals surface area contributed by atoms with Gasteiger partial charge in [-0.05, 0) is 43.3 Å². The van der Waals surface area contributed by atoms with Gasteiger partial charge in [-0.25, -0.2) is 0 Å². The van der Waals surface area contributed by atoms with Crippen LogP contribution in [0.4, 0.5) is 5.69 Å². The summed E-state index contributed by atoms with van der Waals surface area (Å²) in [6.07, 6.45) is -0.0101. The number of rotatable bonds is 5. The molecular weight excluding hydrogens is 334 g/mol. The molecule has 2 aromatic carbocycles. The Bertz CT molecular complexity index is 640. The maximum absolute atomic E-state index is 12.1. The number of hydrogen-bond donors (Lipinski definition) is 1. The Balaban J connectivity index is 2.02. The minimum atomic E-state index is -0.713. The molecule has 0 radical (unpaired) electrons. The van der Waals surface area contributed by atoms with E-state index in [-0.39, 0.29) is 5.91 Å². The SMILES string of the molecule is C[C@H](Oc1ccccc1C=O)C(=O)Nc1ccc(Br)cc1. The lowest BCUT2D eigenvalue weighted by atomic mass is 10.2. The first kappa shape index (κ1) is 15.3. The number of anilines is 1. The van der Waals surface area contributed by atoms with E-state index in [0.717, 1.165) is 4.47 Å². The van der Waals surface area contributed by atoms with Gasteiger partial charge < -0.3 is 10.1 Å². The average molecular weight is 348 g/mol. The lowest BCUT2D eigenvalue weighted by Gasteiger charge is -2.15. The highest BCUT2D eigenvalue weighted by Crippen LogP contribution is 2.18. The maximum atomic E-state index is 12.1. The third-order valence-corrected chi connectivity index (χ3v) is 3.36. The molecule has 0 spiro atoms. The third kappa shape index (κ3) is 4.16. The molecule has 0 aromatic heterocycles. The van der Waals surface area contributed by atoms with Gasteiger partial charge in [0.2, 0.25) is 0 Å². The number of benzene rings is 2. The predicted molar refractivity (Wildman–Crippen MR) is 84.7 cm³/mol. The maximum Gasteiger partial charge on any atom is 0.265 e. The molecule has 2 rings (SSSR count). The van der Waals surface area contributed by atoms with Crippen molar-refractivity contribution in [1.29, 1.82) is 0 Å². The highest BCUT2D eigenvalue weighted by atomic mass is 79.9. The van der Waals surface area contributed by atoms with Crippen LogP contribution in [0.5, 0.6) is 5.75 Å². The molecule has 0 aliphatic rings. The van der Waals surface area contributed by atoms with E-state index in [1.54, 1.807) is 43.3 Å². The molecule has 21 heavy (non-hydrogen) atoms. The van der Waals surface area contributed by atoms with Gasteiger partial charge in [0.15, 0.2) is 12.4 Å². The van der Waals surface area contributed by atoms with Crippen LogP contribution in [0.2, 0.25) is 0 Å². The minimum Gasteiger partial charge on any atom is -0.480 e. The molecule has 0 unspecified atom stereocenters. The average Bonchev–Trinajstić information content (AvgIpc) is 2.50. The van der Waals surface area contributed by atoms with E-state index in [9.17, 15) is 9.59 Å². The predicted octanol–water partition coefficient (Wildman–Crippen LogP) is 3.67. The van der Waals surface area contributed by atoms with E-state index in [1.165, 1.54) is 0 Å². The minimum absolute atomic E-state index is 0.280.